The monoisotopic (exact) mass is 324 g/mol. The third-order valence-electron chi connectivity index (χ3n) is 6.03. The molecule has 4 heteroatoms. The Morgan fingerprint density at radius 3 is 2.65 bits per heavy atom. The molecule has 3 atom stereocenters. The predicted octanol–water partition coefficient (Wildman–Crippen LogP) is 3.11. The number of carbonyl (C=O) groups is 1. The van der Waals surface area contributed by atoms with Crippen molar-refractivity contribution < 1.29 is 9.53 Å². The van der Waals surface area contributed by atoms with Crippen molar-refractivity contribution in [2.75, 3.05) is 19.7 Å². The summed E-state index contributed by atoms with van der Waals surface area (Å²) in [5.74, 6) is 1.40. The number of rotatable bonds is 8. The smallest absolute Gasteiger partial charge is 0.220 e. The zero-order valence-corrected chi connectivity index (χ0v) is 15.5. The van der Waals surface area contributed by atoms with E-state index in [4.69, 9.17) is 4.74 Å². The van der Waals surface area contributed by atoms with E-state index >= 15 is 0 Å². The normalized spacial score (nSPS) is 28.9. The lowest BCUT2D eigenvalue weighted by molar-refractivity contribution is -0.138. The van der Waals surface area contributed by atoms with E-state index in [0.717, 1.165) is 32.5 Å². The molecule has 0 radical (unpaired) electrons. The van der Waals surface area contributed by atoms with Crippen LogP contribution >= 0.6 is 0 Å². The first-order valence-corrected chi connectivity index (χ1v) is 9.56. The number of carbonyl (C=O) groups excluding carboxylic acids is 1. The Labute approximate surface area is 142 Å². The molecule has 2 N–H and O–H groups in total. The molecule has 134 valence electrons. The highest BCUT2D eigenvalue weighted by Crippen LogP contribution is 2.43. The van der Waals surface area contributed by atoms with Crippen molar-refractivity contribution in [3.8, 4) is 0 Å². The predicted molar refractivity (Wildman–Crippen MR) is 94.4 cm³/mol. The van der Waals surface area contributed by atoms with Gasteiger partial charge in [-0.2, -0.15) is 0 Å². The van der Waals surface area contributed by atoms with E-state index in [1.54, 1.807) is 0 Å². The van der Waals surface area contributed by atoms with Gasteiger partial charge in [0.25, 0.3) is 0 Å². The highest BCUT2D eigenvalue weighted by atomic mass is 16.5. The van der Waals surface area contributed by atoms with Gasteiger partial charge in [-0.25, -0.2) is 0 Å². The van der Waals surface area contributed by atoms with Crippen molar-refractivity contribution in [1.29, 1.82) is 0 Å². The molecule has 1 aliphatic carbocycles. The molecule has 1 amide bonds. The summed E-state index contributed by atoms with van der Waals surface area (Å²) in [7, 11) is 0. The van der Waals surface area contributed by atoms with Gasteiger partial charge in [-0.3, -0.25) is 4.79 Å². The van der Waals surface area contributed by atoms with Crippen LogP contribution in [-0.2, 0) is 9.53 Å². The zero-order valence-electron chi connectivity index (χ0n) is 15.5. The van der Waals surface area contributed by atoms with Gasteiger partial charge in [0.1, 0.15) is 0 Å². The number of amides is 1. The van der Waals surface area contributed by atoms with Gasteiger partial charge in [-0.15, -0.1) is 0 Å². The molecule has 1 saturated carbocycles. The summed E-state index contributed by atoms with van der Waals surface area (Å²) < 4.78 is 5.96. The molecule has 2 aliphatic rings. The summed E-state index contributed by atoms with van der Waals surface area (Å²) in [5.41, 5.74) is 0.0569. The Kier molecular flexibility index (Phi) is 6.90. The van der Waals surface area contributed by atoms with Crippen LogP contribution in [0.15, 0.2) is 0 Å². The fraction of sp³-hybridized carbons (Fsp3) is 0.947. The van der Waals surface area contributed by atoms with E-state index in [1.807, 2.05) is 0 Å². The topological polar surface area (TPSA) is 50.4 Å². The van der Waals surface area contributed by atoms with Crippen LogP contribution in [-0.4, -0.2) is 37.7 Å². The Balaban J connectivity index is 1.71. The zero-order chi connectivity index (χ0) is 16.9. The summed E-state index contributed by atoms with van der Waals surface area (Å²) in [6.07, 6.45) is 6.62. The Bertz CT molecular complexity index is 378. The molecule has 1 heterocycles. The average Bonchev–Trinajstić information content (AvgIpc) is 2.54. The van der Waals surface area contributed by atoms with Crippen LogP contribution in [0, 0.1) is 17.3 Å². The van der Waals surface area contributed by atoms with Crippen LogP contribution in [0.3, 0.4) is 0 Å². The minimum absolute atomic E-state index is 0.0569. The molecule has 0 bridgehead atoms. The van der Waals surface area contributed by atoms with Crippen LogP contribution in [0.2, 0.25) is 0 Å². The molecular weight excluding hydrogens is 288 g/mol. The number of nitrogens with one attached hydrogen (secondary N) is 2. The number of unbranched alkanes of at least 4 members (excludes halogenated alkanes) is 1. The minimum Gasteiger partial charge on any atom is -0.378 e. The SMILES string of the molecule is CCCCOC1CC(NC(=O)CC(C)C2CCNCC2)C1(C)C. The van der Waals surface area contributed by atoms with Gasteiger partial charge in [-0.1, -0.05) is 34.1 Å². The third-order valence-corrected chi connectivity index (χ3v) is 6.03. The van der Waals surface area contributed by atoms with E-state index in [0.29, 0.717) is 24.4 Å². The quantitative estimate of drug-likeness (QED) is 0.675. The molecular formula is C19H36N2O2. The van der Waals surface area contributed by atoms with Crippen LogP contribution in [0.4, 0.5) is 0 Å². The Morgan fingerprint density at radius 1 is 1.35 bits per heavy atom. The van der Waals surface area contributed by atoms with Crippen molar-refractivity contribution in [2.45, 2.75) is 78.4 Å². The molecule has 0 aromatic heterocycles. The van der Waals surface area contributed by atoms with E-state index in [-0.39, 0.29) is 17.4 Å². The summed E-state index contributed by atoms with van der Waals surface area (Å²) in [6.45, 7) is 11.9. The number of hydrogen-bond donors (Lipinski definition) is 2. The van der Waals surface area contributed by atoms with Crippen molar-refractivity contribution in [1.82, 2.24) is 10.6 Å². The van der Waals surface area contributed by atoms with E-state index < -0.39 is 0 Å². The summed E-state index contributed by atoms with van der Waals surface area (Å²) in [5, 5.41) is 6.66. The lowest BCUT2D eigenvalue weighted by atomic mass is 9.64. The molecule has 3 unspecified atom stereocenters. The maximum absolute atomic E-state index is 12.4. The minimum atomic E-state index is 0.0569. The maximum Gasteiger partial charge on any atom is 0.220 e. The highest BCUT2D eigenvalue weighted by molar-refractivity contribution is 5.76. The van der Waals surface area contributed by atoms with Gasteiger partial charge in [0.05, 0.1) is 6.10 Å². The van der Waals surface area contributed by atoms with Crippen molar-refractivity contribution >= 4 is 5.91 Å². The largest absolute Gasteiger partial charge is 0.378 e. The highest BCUT2D eigenvalue weighted by Gasteiger charge is 2.49. The molecule has 4 nitrogen and oxygen atoms in total. The summed E-state index contributed by atoms with van der Waals surface area (Å²) in [4.78, 5) is 12.4. The van der Waals surface area contributed by atoms with Crippen LogP contribution in [0.1, 0.15) is 66.2 Å². The number of ether oxygens (including phenoxy) is 1. The summed E-state index contributed by atoms with van der Waals surface area (Å²) in [6, 6.07) is 0.266. The fourth-order valence-electron chi connectivity index (χ4n) is 3.91. The van der Waals surface area contributed by atoms with Crippen LogP contribution < -0.4 is 10.6 Å². The molecule has 0 aromatic rings. The third kappa shape index (κ3) is 4.93. The van der Waals surface area contributed by atoms with Gasteiger partial charge >= 0.3 is 0 Å². The standard InChI is InChI=1S/C19H36N2O2/c1-5-6-11-23-17-13-16(19(17,3)4)21-18(22)12-14(2)15-7-9-20-10-8-15/h14-17,20H,5-13H2,1-4H3,(H,21,22). The van der Waals surface area contributed by atoms with Gasteiger partial charge in [-0.05, 0) is 50.6 Å². The second kappa shape index (κ2) is 8.48. The van der Waals surface area contributed by atoms with Gasteiger partial charge in [0, 0.05) is 24.5 Å². The second-order valence-electron chi connectivity index (χ2n) is 8.16. The maximum atomic E-state index is 12.4. The average molecular weight is 325 g/mol. The second-order valence-corrected chi connectivity index (χ2v) is 8.16. The lowest BCUT2D eigenvalue weighted by Crippen LogP contribution is -2.62. The molecule has 1 saturated heterocycles. The number of piperidine rings is 1. The van der Waals surface area contributed by atoms with Crippen molar-refractivity contribution in [3.63, 3.8) is 0 Å². The van der Waals surface area contributed by atoms with Gasteiger partial charge < -0.3 is 15.4 Å². The summed E-state index contributed by atoms with van der Waals surface area (Å²) >= 11 is 0. The molecule has 2 rings (SSSR count). The van der Waals surface area contributed by atoms with Gasteiger partial charge in [0.15, 0.2) is 0 Å². The Morgan fingerprint density at radius 2 is 2.04 bits per heavy atom. The molecule has 0 spiro atoms. The van der Waals surface area contributed by atoms with E-state index in [9.17, 15) is 4.79 Å². The lowest BCUT2D eigenvalue weighted by Gasteiger charge is -2.51. The fourth-order valence-corrected chi connectivity index (χ4v) is 3.91. The molecule has 2 fully saturated rings. The first-order valence-electron chi connectivity index (χ1n) is 9.56. The van der Waals surface area contributed by atoms with Crippen molar-refractivity contribution in [3.05, 3.63) is 0 Å². The van der Waals surface area contributed by atoms with Gasteiger partial charge in [0.2, 0.25) is 5.91 Å². The Hall–Kier alpha value is -0.610. The van der Waals surface area contributed by atoms with Crippen LogP contribution in [0.5, 0.6) is 0 Å². The molecule has 0 aromatic carbocycles. The van der Waals surface area contributed by atoms with E-state index in [2.05, 4.69) is 38.3 Å². The van der Waals surface area contributed by atoms with Crippen molar-refractivity contribution in [2.24, 2.45) is 17.3 Å². The first kappa shape index (κ1) is 18.7. The molecule has 1 aliphatic heterocycles. The van der Waals surface area contributed by atoms with Crippen LogP contribution in [0.25, 0.3) is 0 Å². The first-order chi connectivity index (χ1) is 10.9. The molecule has 23 heavy (non-hydrogen) atoms. The van der Waals surface area contributed by atoms with E-state index in [1.165, 1.54) is 19.3 Å². The number of hydrogen-bond acceptors (Lipinski definition) is 3.